The van der Waals surface area contributed by atoms with Crippen molar-refractivity contribution < 1.29 is 4.74 Å². The van der Waals surface area contributed by atoms with E-state index < -0.39 is 0 Å². The van der Waals surface area contributed by atoms with Crippen LogP contribution in [0.5, 0.6) is 0 Å². The lowest BCUT2D eigenvalue weighted by atomic mass is 9.98. The van der Waals surface area contributed by atoms with Gasteiger partial charge in [0.2, 0.25) is 0 Å². The van der Waals surface area contributed by atoms with E-state index in [1.807, 2.05) is 0 Å². The quantitative estimate of drug-likeness (QED) is 0.619. The predicted molar refractivity (Wildman–Crippen MR) is 49.1 cm³/mol. The van der Waals surface area contributed by atoms with E-state index in [9.17, 15) is 0 Å². The fourth-order valence-corrected chi connectivity index (χ4v) is 2.21. The fraction of sp³-hybridized carbons (Fsp3) is 1.00. The largest absolute Gasteiger partial charge is 0.381 e. The maximum absolute atomic E-state index is 5.18. The first kappa shape index (κ1) is 8.52. The van der Waals surface area contributed by atoms with Gasteiger partial charge in [0, 0.05) is 19.0 Å². The van der Waals surface area contributed by atoms with E-state index in [0.29, 0.717) is 0 Å². The van der Waals surface area contributed by atoms with Crippen molar-refractivity contribution in [2.45, 2.75) is 19.8 Å². The van der Waals surface area contributed by atoms with E-state index in [1.54, 1.807) is 0 Å². The Morgan fingerprint density at radius 2 is 2.25 bits per heavy atom. The van der Waals surface area contributed by atoms with Crippen molar-refractivity contribution in [3.05, 3.63) is 0 Å². The van der Waals surface area contributed by atoms with Crippen LogP contribution in [0.2, 0.25) is 0 Å². The van der Waals surface area contributed by atoms with Crippen LogP contribution >= 0.6 is 0 Å². The Balaban J connectivity index is 1.71. The first-order valence-electron chi connectivity index (χ1n) is 5.14. The molecule has 2 nitrogen and oxygen atoms in total. The number of hydrogen-bond acceptors (Lipinski definition) is 2. The summed E-state index contributed by atoms with van der Waals surface area (Å²) in [5.41, 5.74) is 0. The van der Waals surface area contributed by atoms with Crippen LogP contribution in [0.3, 0.4) is 0 Å². The van der Waals surface area contributed by atoms with Crippen molar-refractivity contribution in [1.29, 1.82) is 0 Å². The van der Waals surface area contributed by atoms with Crippen LogP contribution in [-0.2, 0) is 4.74 Å². The monoisotopic (exact) mass is 169 g/mol. The molecule has 2 heteroatoms. The van der Waals surface area contributed by atoms with Crippen molar-refractivity contribution in [3.8, 4) is 0 Å². The summed E-state index contributed by atoms with van der Waals surface area (Å²) in [7, 11) is 0. The summed E-state index contributed by atoms with van der Waals surface area (Å²) in [6.45, 7) is 8.29. The molecule has 1 unspecified atom stereocenters. The average molecular weight is 169 g/mol. The second-order valence-electron chi connectivity index (χ2n) is 4.41. The molecule has 70 valence electrons. The molecule has 0 saturated carbocycles. The van der Waals surface area contributed by atoms with Gasteiger partial charge in [-0.25, -0.2) is 0 Å². The Morgan fingerprint density at radius 3 is 2.83 bits per heavy atom. The van der Waals surface area contributed by atoms with Crippen LogP contribution in [0, 0.1) is 11.8 Å². The first-order chi connectivity index (χ1) is 5.84. The molecule has 0 radical (unpaired) electrons. The minimum absolute atomic E-state index is 0.843. The van der Waals surface area contributed by atoms with Gasteiger partial charge in [0.1, 0.15) is 0 Å². The van der Waals surface area contributed by atoms with Crippen LogP contribution in [0.25, 0.3) is 0 Å². The second-order valence-corrected chi connectivity index (χ2v) is 4.41. The second kappa shape index (κ2) is 3.75. The van der Waals surface area contributed by atoms with Crippen molar-refractivity contribution in [1.82, 2.24) is 4.90 Å². The Labute approximate surface area is 74.9 Å². The lowest BCUT2D eigenvalue weighted by Gasteiger charge is -2.36. The minimum atomic E-state index is 0.843. The molecule has 0 spiro atoms. The van der Waals surface area contributed by atoms with Gasteiger partial charge in [-0.2, -0.15) is 0 Å². The van der Waals surface area contributed by atoms with Gasteiger partial charge >= 0.3 is 0 Å². The van der Waals surface area contributed by atoms with Crippen LogP contribution in [0.4, 0.5) is 0 Å². The number of likely N-dealkylation sites (tertiary alicyclic amines) is 1. The summed E-state index contributed by atoms with van der Waals surface area (Å²) in [5, 5.41) is 0. The topological polar surface area (TPSA) is 12.5 Å². The Morgan fingerprint density at radius 1 is 1.42 bits per heavy atom. The molecule has 0 amide bonds. The molecule has 2 fully saturated rings. The zero-order chi connectivity index (χ0) is 8.39. The third-order valence-corrected chi connectivity index (χ3v) is 2.96. The highest BCUT2D eigenvalue weighted by molar-refractivity contribution is 4.75. The van der Waals surface area contributed by atoms with Crippen molar-refractivity contribution >= 4 is 0 Å². The van der Waals surface area contributed by atoms with Gasteiger partial charge in [-0.15, -0.1) is 0 Å². The molecule has 2 saturated heterocycles. The van der Waals surface area contributed by atoms with Crippen molar-refractivity contribution in [2.24, 2.45) is 11.8 Å². The Hall–Kier alpha value is -0.0800. The molecule has 2 heterocycles. The molecule has 0 N–H and O–H groups in total. The average Bonchev–Trinajstić information content (AvgIpc) is 1.97. The number of rotatable bonds is 2. The van der Waals surface area contributed by atoms with E-state index in [-0.39, 0.29) is 0 Å². The summed E-state index contributed by atoms with van der Waals surface area (Å²) in [5.74, 6) is 1.76. The molecule has 12 heavy (non-hydrogen) atoms. The summed E-state index contributed by atoms with van der Waals surface area (Å²) in [6, 6.07) is 0. The van der Waals surface area contributed by atoms with Gasteiger partial charge < -0.3 is 9.64 Å². The van der Waals surface area contributed by atoms with Gasteiger partial charge in [-0.3, -0.25) is 0 Å². The summed E-state index contributed by atoms with van der Waals surface area (Å²) in [4.78, 5) is 2.61. The highest BCUT2D eigenvalue weighted by Gasteiger charge is 2.24. The zero-order valence-electron chi connectivity index (χ0n) is 7.96. The maximum atomic E-state index is 5.18. The molecular weight excluding hydrogens is 150 g/mol. The van der Waals surface area contributed by atoms with E-state index in [0.717, 1.165) is 25.0 Å². The van der Waals surface area contributed by atoms with Crippen LogP contribution in [0.15, 0.2) is 0 Å². The van der Waals surface area contributed by atoms with Crippen LogP contribution in [-0.4, -0.2) is 37.7 Å². The molecule has 1 atom stereocenters. The van der Waals surface area contributed by atoms with Gasteiger partial charge in [-0.1, -0.05) is 6.92 Å². The van der Waals surface area contributed by atoms with E-state index >= 15 is 0 Å². The van der Waals surface area contributed by atoms with E-state index in [2.05, 4.69) is 11.8 Å². The molecule has 2 aliphatic heterocycles. The van der Waals surface area contributed by atoms with Gasteiger partial charge in [0.15, 0.2) is 0 Å². The Bertz CT molecular complexity index is 145. The standard InChI is InChI=1S/C10H19NO/c1-9-3-2-4-11(5-9)6-10-7-12-8-10/h9-10H,2-8H2,1H3. The smallest absolute Gasteiger partial charge is 0.0528 e. The van der Waals surface area contributed by atoms with Crippen molar-refractivity contribution in [2.75, 3.05) is 32.8 Å². The molecule has 0 aromatic carbocycles. The lowest BCUT2D eigenvalue weighted by Crippen LogP contribution is -2.43. The molecule has 0 aromatic rings. The number of ether oxygens (including phenoxy) is 1. The molecule has 0 aromatic heterocycles. The summed E-state index contributed by atoms with van der Waals surface area (Å²) in [6.07, 6.45) is 2.83. The molecule has 2 rings (SSSR count). The predicted octanol–water partition coefficient (Wildman–Crippen LogP) is 1.36. The fourth-order valence-electron chi connectivity index (χ4n) is 2.21. The van der Waals surface area contributed by atoms with Gasteiger partial charge in [0.05, 0.1) is 13.2 Å². The first-order valence-corrected chi connectivity index (χ1v) is 5.14. The SMILES string of the molecule is CC1CCCN(CC2COC2)C1. The number of piperidine rings is 1. The van der Waals surface area contributed by atoms with Gasteiger partial charge in [0.25, 0.3) is 0 Å². The normalized spacial score (nSPS) is 33.2. The highest BCUT2D eigenvalue weighted by atomic mass is 16.5. The van der Waals surface area contributed by atoms with Crippen molar-refractivity contribution in [3.63, 3.8) is 0 Å². The molecule has 0 bridgehead atoms. The summed E-state index contributed by atoms with van der Waals surface area (Å²) < 4.78 is 5.18. The third kappa shape index (κ3) is 1.99. The van der Waals surface area contributed by atoms with Gasteiger partial charge in [-0.05, 0) is 25.3 Å². The highest BCUT2D eigenvalue weighted by Crippen LogP contribution is 2.19. The lowest BCUT2D eigenvalue weighted by molar-refractivity contribution is -0.0502. The Kier molecular flexibility index (Phi) is 2.66. The zero-order valence-corrected chi connectivity index (χ0v) is 7.96. The maximum Gasteiger partial charge on any atom is 0.0528 e. The van der Waals surface area contributed by atoms with E-state index in [4.69, 9.17) is 4.74 Å². The summed E-state index contributed by atoms with van der Waals surface area (Å²) >= 11 is 0. The minimum Gasteiger partial charge on any atom is -0.381 e. The third-order valence-electron chi connectivity index (χ3n) is 2.96. The van der Waals surface area contributed by atoms with Crippen LogP contribution in [0.1, 0.15) is 19.8 Å². The molecule has 0 aliphatic carbocycles. The molecule has 2 aliphatic rings. The molecular formula is C10H19NO. The van der Waals surface area contributed by atoms with E-state index in [1.165, 1.54) is 32.5 Å². The number of hydrogen-bond donors (Lipinski definition) is 0. The number of nitrogens with zero attached hydrogens (tertiary/aromatic N) is 1. The van der Waals surface area contributed by atoms with Crippen LogP contribution < -0.4 is 0 Å².